The Morgan fingerprint density at radius 3 is 2.35 bits per heavy atom. The number of hydrogen-bond acceptors (Lipinski definition) is 6. The summed E-state index contributed by atoms with van der Waals surface area (Å²) in [7, 11) is 0. The molecule has 3 aromatic carbocycles. The van der Waals surface area contributed by atoms with Crippen molar-refractivity contribution < 1.29 is 36.9 Å². The van der Waals surface area contributed by atoms with Crippen LogP contribution in [0.3, 0.4) is 0 Å². The molecule has 5 nitrogen and oxygen atoms in total. The van der Waals surface area contributed by atoms with Gasteiger partial charge in [-0.05, 0) is 67.4 Å². The zero-order valence-electron chi connectivity index (χ0n) is 20.6. The van der Waals surface area contributed by atoms with E-state index in [0.717, 1.165) is 28.2 Å². The molecule has 0 saturated heterocycles. The third-order valence-electron chi connectivity index (χ3n) is 5.18. The second-order valence-corrected chi connectivity index (χ2v) is 9.18. The molecule has 198 valence electrons. The number of esters is 1. The standard InChI is InChI=1S/C28H29F3O5S/c1-3-33-27(32)18-36-26-14-13-25(15-20(26)2)37-19-24(34-16-21-7-5-4-6-8-21)17-35-23-11-9-22(10-12-23)28(29,30)31/h4-15,24H,3,16-19H2,1-2H3. The van der Waals surface area contributed by atoms with Crippen LogP contribution in [-0.4, -0.2) is 37.6 Å². The molecule has 0 amide bonds. The Morgan fingerprint density at radius 2 is 1.70 bits per heavy atom. The van der Waals surface area contributed by atoms with Crippen molar-refractivity contribution in [2.75, 3.05) is 25.6 Å². The van der Waals surface area contributed by atoms with Crippen LogP contribution >= 0.6 is 11.8 Å². The van der Waals surface area contributed by atoms with E-state index in [9.17, 15) is 18.0 Å². The molecule has 9 heteroatoms. The molecule has 0 N–H and O–H groups in total. The summed E-state index contributed by atoms with van der Waals surface area (Å²) in [4.78, 5) is 12.5. The summed E-state index contributed by atoms with van der Waals surface area (Å²) in [5.41, 5.74) is 1.15. The first kappa shape index (κ1) is 28.4. The van der Waals surface area contributed by atoms with Crippen LogP contribution in [0.4, 0.5) is 13.2 Å². The van der Waals surface area contributed by atoms with E-state index in [1.54, 1.807) is 24.8 Å². The van der Waals surface area contributed by atoms with E-state index in [4.69, 9.17) is 18.9 Å². The molecule has 3 aromatic rings. The van der Waals surface area contributed by atoms with Crippen molar-refractivity contribution in [3.05, 3.63) is 89.5 Å². The number of hydrogen-bond donors (Lipinski definition) is 0. The van der Waals surface area contributed by atoms with Gasteiger partial charge in [-0.2, -0.15) is 13.2 Å². The minimum Gasteiger partial charge on any atom is -0.491 e. The Hall–Kier alpha value is -3.17. The highest BCUT2D eigenvalue weighted by molar-refractivity contribution is 7.99. The van der Waals surface area contributed by atoms with Crippen molar-refractivity contribution in [3.8, 4) is 11.5 Å². The molecule has 37 heavy (non-hydrogen) atoms. The highest BCUT2D eigenvalue weighted by Crippen LogP contribution is 2.31. The number of carbonyl (C=O) groups excluding carboxylic acids is 1. The zero-order chi connectivity index (χ0) is 26.7. The monoisotopic (exact) mass is 534 g/mol. The summed E-state index contributed by atoms with van der Waals surface area (Å²) in [5.74, 6) is 1.06. The smallest absolute Gasteiger partial charge is 0.416 e. The van der Waals surface area contributed by atoms with E-state index >= 15 is 0 Å². The van der Waals surface area contributed by atoms with Gasteiger partial charge < -0.3 is 18.9 Å². The maximum atomic E-state index is 12.8. The van der Waals surface area contributed by atoms with E-state index in [-0.39, 0.29) is 19.3 Å². The minimum atomic E-state index is -4.39. The van der Waals surface area contributed by atoms with Crippen LogP contribution in [0.5, 0.6) is 11.5 Å². The van der Waals surface area contributed by atoms with Crippen molar-refractivity contribution in [3.63, 3.8) is 0 Å². The number of carbonyl (C=O) groups is 1. The summed E-state index contributed by atoms with van der Waals surface area (Å²) in [6.45, 7) is 4.32. The Labute approximate surface area is 218 Å². The number of ether oxygens (including phenoxy) is 4. The van der Waals surface area contributed by atoms with Gasteiger partial charge in [-0.3, -0.25) is 0 Å². The number of thioether (sulfide) groups is 1. The molecule has 0 aliphatic rings. The van der Waals surface area contributed by atoms with Crippen molar-refractivity contribution in [1.82, 2.24) is 0 Å². The van der Waals surface area contributed by atoms with Crippen LogP contribution < -0.4 is 9.47 Å². The number of rotatable bonds is 13. The Balaban J connectivity index is 1.60. The number of aryl methyl sites for hydroxylation is 1. The van der Waals surface area contributed by atoms with Crippen LogP contribution in [0, 0.1) is 6.92 Å². The molecule has 0 radical (unpaired) electrons. The number of alkyl halides is 3. The molecule has 0 bridgehead atoms. The second kappa shape index (κ2) is 13.9. The van der Waals surface area contributed by atoms with Crippen molar-refractivity contribution in [1.29, 1.82) is 0 Å². The Kier molecular flexibility index (Phi) is 10.7. The van der Waals surface area contributed by atoms with Crippen LogP contribution in [0.15, 0.2) is 77.7 Å². The fourth-order valence-corrected chi connectivity index (χ4v) is 4.26. The van der Waals surface area contributed by atoms with E-state index in [1.807, 2.05) is 49.4 Å². The molecule has 1 atom stereocenters. The highest BCUT2D eigenvalue weighted by Gasteiger charge is 2.30. The lowest BCUT2D eigenvalue weighted by atomic mass is 10.2. The fraction of sp³-hybridized carbons (Fsp3) is 0.321. The average molecular weight is 535 g/mol. The predicted octanol–water partition coefficient (Wildman–Crippen LogP) is 6.71. The van der Waals surface area contributed by atoms with Gasteiger partial charge in [0.2, 0.25) is 0 Å². The molecule has 0 aliphatic heterocycles. The SMILES string of the molecule is CCOC(=O)COc1ccc(SCC(COc2ccc(C(F)(F)F)cc2)OCc2ccccc2)cc1C. The minimum absolute atomic E-state index is 0.155. The zero-order valence-corrected chi connectivity index (χ0v) is 21.4. The van der Waals surface area contributed by atoms with Gasteiger partial charge in [0.05, 0.1) is 18.8 Å². The summed E-state index contributed by atoms with van der Waals surface area (Å²) < 4.78 is 60.7. The lowest BCUT2D eigenvalue weighted by molar-refractivity contribution is -0.145. The third-order valence-corrected chi connectivity index (χ3v) is 6.30. The first-order chi connectivity index (χ1) is 17.7. The van der Waals surface area contributed by atoms with Gasteiger partial charge in [-0.1, -0.05) is 30.3 Å². The summed E-state index contributed by atoms with van der Waals surface area (Å²) in [6.07, 6.45) is -4.72. The van der Waals surface area contributed by atoms with E-state index in [0.29, 0.717) is 30.5 Å². The van der Waals surface area contributed by atoms with Crippen molar-refractivity contribution >= 4 is 17.7 Å². The van der Waals surface area contributed by atoms with E-state index in [2.05, 4.69) is 0 Å². The normalized spacial score (nSPS) is 12.1. The average Bonchev–Trinajstić information content (AvgIpc) is 2.88. The van der Waals surface area contributed by atoms with E-state index in [1.165, 1.54) is 12.1 Å². The van der Waals surface area contributed by atoms with Gasteiger partial charge in [0.25, 0.3) is 0 Å². The van der Waals surface area contributed by atoms with Crippen LogP contribution in [0.25, 0.3) is 0 Å². The van der Waals surface area contributed by atoms with Crippen LogP contribution in [0.2, 0.25) is 0 Å². The summed E-state index contributed by atoms with van der Waals surface area (Å²) in [6, 6.07) is 20.0. The molecule has 0 aliphatic carbocycles. The molecular formula is C28H29F3O5S. The van der Waals surface area contributed by atoms with Gasteiger partial charge in [0.15, 0.2) is 6.61 Å². The van der Waals surface area contributed by atoms with Crippen molar-refractivity contribution in [2.45, 2.75) is 37.6 Å². The molecule has 0 spiro atoms. The molecule has 1 unspecified atom stereocenters. The van der Waals surface area contributed by atoms with Gasteiger partial charge >= 0.3 is 12.1 Å². The van der Waals surface area contributed by atoms with Gasteiger partial charge in [0.1, 0.15) is 24.2 Å². The Morgan fingerprint density at radius 1 is 0.973 bits per heavy atom. The molecular weight excluding hydrogens is 505 g/mol. The molecule has 0 aromatic heterocycles. The third kappa shape index (κ3) is 9.66. The Bertz CT molecular complexity index is 1120. The van der Waals surface area contributed by atoms with Gasteiger partial charge in [-0.25, -0.2) is 4.79 Å². The quantitative estimate of drug-likeness (QED) is 0.179. The summed E-state index contributed by atoms with van der Waals surface area (Å²) >= 11 is 1.56. The van der Waals surface area contributed by atoms with Gasteiger partial charge in [0, 0.05) is 10.6 Å². The summed E-state index contributed by atoms with van der Waals surface area (Å²) in [5, 5.41) is 0. The maximum absolute atomic E-state index is 12.8. The topological polar surface area (TPSA) is 54.0 Å². The second-order valence-electron chi connectivity index (χ2n) is 8.08. The van der Waals surface area contributed by atoms with Crippen molar-refractivity contribution in [2.24, 2.45) is 0 Å². The fourth-order valence-electron chi connectivity index (χ4n) is 3.26. The molecule has 3 rings (SSSR count). The first-order valence-corrected chi connectivity index (χ1v) is 12.7. The van der Waals surface area contributed by atoms with Gasteiger partial charge in [-0.15, -0.1) is 11.8 Å². The van der Waals surface area contributed by atoms with Crippen LogP contribution in [0.1, 0.15) is 23.6 Å². The first-order valence-electron chi connectivity index (χ1n) is 11.7. The highest BCUT2D eigenvalue weighted by atomic mass is 32.2. The van der Waals surface area contributed by atoms with E-state index < -0.39 is 17.7 Å². The largest absolute Gasteiger partial charge is 0.491 e. The molecule has 0 heterocycles. The maximum Gasteiger partial charge on any atom is 0.416 e. The molecule has 0 fully saturated rings. The van der Waals surface area contributed by atoms with Crippen LogP contribution in [-0.2, 0) is 27.1 Å². The lowest BCUT2D eigenvalue weighted by Crippen LogP contribution is -2.24. The lowest BCUT2D eigenvalue weighted by Gasteiger charge is -2.19. The predicted molar refractivity (Wildman–Crippen MR) is 136 cm³/mol. The molecule has 0 saturated carbocycles. The number of halogens is 3. The number of benzene rings is 3.